The largest absolute Gasteiger partial charge is 0.323 e. The number of hydrogen-bond donors (Lipinski definition) is 1. The first kappa shape index (κ1) is 14.5. The van der Waals surface area contributed by atoms with Gasteiger partial charge in [-0.05, 0) is 41.7 Å². The first-order valence-electron chi connectivity index (χ1n) is 7.02. The van der Waals surface area contributed by atoms with Gasteiger partial charge in [-0.3, -0.25) is 0 Å². The Morgan fingerprint density at radius 2 is 1.81 bits per heavy atom. The smallest absolute Gasteiger partial charge is 0.136 e. The lowest BCUT2D eigenvalue weighted by atomic mass is 9.81. The zero-order valence-corrected chi connectivity index (χ0v) is 12.5. The Kier molecular flexibility index (Phi) is 4.00. The lowest BCUT2D eigenvalue weighted by Gasteiger charge is -2.34. The highest BCUT2D eigenvalue weighted by Gasteiger charge is 2.31. The van der Waals surface area contributed by atoms with Crippen molar-refractivity contribution in [3.63, 3.8) is 0 Å². The molecule has 0 radical (unpaired) electrons. The van der Waals surface area contributed by atoms with Crippen LogP contribution < -0.4 is 5.73 Å². The van der Waals surface area contributed by atoms with Gasteiger partial charge in [-0.1, -0.05) is 31.2 Å². The standard InChI is InChI=1S/C17H17F2NS/c1-10-8-16(17(20)13-5-3-2-4-12(10)13)21-15-9-11(18)6-7-14(15)19/h2-7,9-10,16-17H,8,20H2,1H3. The van der Waals surface area contributed by atoms with E-state index in [1.54, 1.807) is 0 Å². The fourth-order valence-corrected chi connectivity index (χ4v) is 4.30. The van der Waals surface area contributed by atoms with E-state index in [0.717, 1.165) is 18.1 Å². The maximum Gasteiger partial charge on any atom is 0.136 e. The lowest BCUT2D eigenvalue weighted by Crippen LogP contribution is -2.30. The highest BCUT2D eigenvalue weighted by Crippen LogP contribution is 2.44. The van der Waals surface area contributed by atoms with Crippen LogP contribution in [0.15, 0.2) is 47.4 Å². The maximum atomic E-state index is 13.8. The molecule has 0 spiro atoms. The molecular formula is C17H17F2NS. The predicted molar refractivity (Wildman–Crippen MR) is 82.4 cm³/mol. The Balaban J connectivity index is 1.89. The molecule has 0 heterocycles. The maximum absolute atomic E-state index is 13.8. The SMILES string of the molecule is CC1CC(Sc2cc(F)ccc2F)C(N)c2ccccc21. The fraction of sp³-hybridized carbons (Fsp3) is 0.294. The number of hydrogen-bond acceptors (Lipinski definition) is 2. The molecule has 21 heavy (non-hydrogen) atoms. The minimum atomic E-state index is -0.420. The number of fused-ring (bicyclic) bond motifs is 1. The van der Waals surface area contributed by atoms with E-state index in [1.807, 2.05) is 18.2 Å². The molecule has 0 fully saturated rings. The van der Waals surface area contributed by atoms with Crippen LogP contribution in [0.2, 0.25) is 0 Å². The summed E-state index contributed by atoms with van der Waals surface area (Å²) in [6.07, 6.45) is 0.860. The molecule has 3 unspecified atom stereocenters. The minimum Gasteiger partial charge on any atom is -0.323 e. The Hall–Kier alpha value is -1.39. The summed E-state index contributed by atoms with van der Waals surface area (Å²) in [7, 11) is 0. The third kappa shape index (κ3) is 2.83. The van der Waals surface area contributed by atoms with E-state index in [2.05, 4.69) is 13.0 Å². The average molecular weight is 305 g/mol. The van der Waals surface area contributed by atoms with Gasteiger partial charge in [0.05, 0.1) is 0 Å². The van der Waals surface area contributed by atoms with E-state index < -0.39 is 5.82 Å². The molecule has 1 aliphatic carbocycles. The Labute approximate surface area is 127 Å². The highest BCUT2D eigenvalue weighted by atomic mass is 32.2. The first-order valence-corrected chi connectivity index (χ1v) is 7.90. The zero-order valence-electron chi connectivity index (χ0n) is 11.7. The molecule has 0 saturated heterocycles. The average Bonchev–Trinajstić information content (AvgIpc) is 2.48. The summed E-state index contributed by atoms with van der Waals surface area (Å²) < 4.78 is 27.1. The number of thioether (sulfide) groups is 1. The molecule has 2 aromatic rings. The van der Waals surface area contributed by atoms with Gasteiger partial charge in [0.25, 0.3) is 0 Å². The van der Waals surface area contributed by atoms with Gasteiger partial charge in [0.1, 0.15) is 11.6 Å². The molecule has 0 amide bonds. The summed E-state index contributed by atoms with van der Waals surface area (Å²) in [5.41, 5.74) is 8.73. The second kappa shape index (κ2) is 5.78. The predicted octanol–water partition coefficient (Wildman–Crippen LogP) is 4.63. The third-order valence-electron chi connectivity index (χ3n) is 4.04. The first-order chi connectivity index (χ1) is 10.1. The van der Waals surface area contributed by atoms with E-state index in [4.69, 9.17) is 5.73 Å². The number of halogens is 2. The molecule has 0 aromatic heterocycles. The quantitative estimate of drug-likeness (QED) is 0.875. The van der Waals surface area contributed by atoms with Gasteiger partial charge < -0.3 is 5.73 Å². The number of benzene rings is 2. The lowest BCUT2D eigenvalue weighted by molar-refractivity contribution is 0.525. The van der Waals surface area contributed by atoms with Crippen molar-refractivity contribution in [3.05, 3.63) is 65.2 Å². The summed E-state index contributed by atoms with van der Waals surface area (Å²) in [6, 6.07) is 11.5. The van der Waals surface area contributed by atoms with Gasteiger partial charge in [0.15, 0.2) is 0 Å². The summed E-state index contributed by atoms with van der Waals surface area (Å²) in [4.78, 5) is 0.335. The molecule has 0 aliphatic heterocycles. The van der Waals surface area contributed by atoms with Gasteiger partial charge >= 0.3 is 0 Å². The van der Waals surface area contributed by atoms with Gasteiger partial charge in [0.2, 0.25) is 0 Å². The van der Waals surface area contributed by atoms with Crippen LogP contribution in [-0.4, -0.2) is 5.25 Å². The molecule has 1 nitrogen and oxygen atoms in total. The van der Waals surface area contributed by atoms with Crippen LogP contribution in [0.5, 0.6) is 0 Å². The second-order valence-electron chi connectivity index (χ2n) is 5.52. The van der Waals surface area contributed by atoms with Gasteiger partial charge in [-0.15, -0.1) is 11.8 Å². The Bertz CT molecular complexity index is 659. The molecule has 0 saturated carbocycles. The van der Waals surface area contributed by atoms with Crippen molar-refractivity contribution in [2.75, 3.05) is 0 Å². The summed E-state index contributed by atoms with van der Waals surface area (Å²) in [5.74, 6) is -0.438. The van der Waals surface area contributed by atoms with Crippen LogP contribution in [-0.2, 0) is 0 Å². The van der Waals surface area contributed by atoms with Crippen LogP contribution in [0.4, 0.5) is 8.78 Å². The van der Waals surface area contributed by atoms with E-state index in [0.29, 0.717) is 10.8 Å². The number of nitrogens with two attached hydrogens (primary N) is 1. The van der Waals surface area contributed by atoms with Crippen molar-refractivity contribution >= 4 is 11.8 Å². The molecule has 4 heteroatoms. The van der Waals surface area contributed by atoms with Crippen LogP contribution in [0.3, 0.4) is 0 Å². The van der Waals surface area contributed by atoms with Crippen molar-refractivity contribution in [2.24, 2.45) is 5.73 Å². The normalized spacial score (nSPS) is 24.7. The van der Waals surface area contributed by atoms with E-state index in [9.17, 15) is 8.78 Å². The van der Waals surface area contributed by atoms with Crippen molar-refractivity contribution in [1.82, 2.24) is 0 Å². The molecule has 2 N–H and O–H groups in total. The molecule has 3 rings (SSSR count). The Morgan fingerprint density at radius 1 is 1.10 bits per heavy atom. The molecule has 0 bridgehead atoms. The zero-order chi connectivity index (χ0) is 15.0. The van der Waals surface area contributed by atoms with Crippen LogP contribution in [0, 0.1) is 11.6 Å². The van der Waals surface area contributed by atoms with Crippen molar-refractivity contribution in [1.29, 1.82) is 0 Å². The third-order valence-corrected chi connectivity index (χ3v) is 5.40. The summed E-state index contributed by atoms with van der Waals surface area (Å²) in [5, 5.41) is 0.0474. The molecule has 2 aromatic carbocycles. The van der Waals surface area contributed by atoms with Crippen LogP contribution >= 0.6 is 11.8 Å². The molecule has 1 aliphatic rings. The fourth-order valence-electron chi connectivity index (χ4n) is 2.94. The Morgan fingerprint density at radius 3 is 2.57 bits per heavy atom. The molecule has 110 valence electrons. The minimum absolute atomic E-state index is 0.0474. The van der Waals surface area contributed by atoms with Crippen molar-refractivity contribution in [3.8, 4) is 0 Å². The van der Waals surface area contributed by atoms with Gasteiger partial charge in [-0.25, -0.2) is 8.78 Å². The van der Waals surface area contributed by atoms with Gasteiger partial charge in [0, 0.05) is 16.2 Å². The highest BCUT2D eigenvalue weighted by molar-refractivity contribution is 8.00. The van der Waals surface area contributed by atoms with Crippen molar-refractivity contribution in [2.45, 2.75) is 35.4 Å². The molecule has 3 atom stereocenters. The molecular weight excluding hydrogens is 288 g/mol. The van der Waals surface area contributed by atoms with E-state index in [1.165, 1.54) is 29.5 Å². The van der Waals surface area contributed by atoms with Crippen LogP contribution in [0.1, 0.15) is 36.4 Å². The summed E-state index contributed by atoms with van der Waals surface area (Å²) >= 11 is 1.34. The second-order valence-corrected chi connectivity index (χ2v) is 6.80. The van der Waals surface area contributed by atoms with Crippen molar-refractivity contribution < 1.29 is 8.78 Å². The summed E-state index contributed by atoms with van der Waals surface area (Å²) in [6.45, 7) is 2.15. The van der Waals surface area contributed by atoms with E-state index >= 15 is 0 Å². The topological polar surface area (TPSA) is 26.0 Å². The number of rotatable bonds is 2. The van der Waals surface area contributed by atoms with Gasteiger partial charge in [-0.2, -0.15) is 0 Å². The van der Waals surface area contributed by atoms with E-state index in [-0.39, 0.29) is 17.1 Å². The van der Waals surface area contributed by atoms with Crippen LogP contribution in [0.25, 0.3) is 0 Å². The monoisotopic (exact) mass is 305 g/mol.